The molecule has 0 radical (unpaired) electrons. The number of carbonyl (C=O) groups is 2. The largest absolute Gasteiger partial charge is 0.483 e. The second-order valence-corrected chi connectivity index (χ2v) is 10.3. The van der Waals surface area contributed by atoms with E-state index < -0.39 is 6.04 Å². The number of nitrogens with zero attached hydrogens (tertiary/aromatic N) is 1. The Morgan fingerprint density at radius 3 is 2.25 bits per heavy atom. The van der Waals surface area contributed by atoms with Crippen LogP contribution in [0.2, 0.25) is 10.0 Å². The summed E-state index contributed by atoms with van der Waals surface area (Å²) < 4.78 is 6.65. The predicted molar refractivity (Wildman–Crippen MR) is 149 cm³/mol. The van der Waals surface area contributed by atoms with E-state index in [1.165, 1.54) is 4.90 Å². The molecule has 0 aliphatic rings. The lowest BCUT2D eigenvalue weighted by Gasteiger charge is -2.31. The van der Waals surface area contributed by atoms with Gasteiger partial charge in [-0.3, -0.25) is 9.59 Å². The highest BCUT2D eigenvalue weighted by Crippen LogP contribution is 2.30. The van der Waals surface area contributed by atoms with Crippen molar-refractivity contribution in [3.63, 3.8) is 0 Å². The van der Waals surface area contributed by atoms with Crippen molar-refractivity contribution in [2.75, 3.05) is 13.7 Å². The van der Waals surface area contributed by atoms with E-state index in [1.807, 2.05) is 48.5 Å². The molecule has 2 amide bonds. The summed E-state index contributed by atoms with van der Waals surface area (Å²) >= 11 is 16.4. The van der Waals surface area contributed by atoms with Crippen molar-refractivity contribution < 1.29 is 14.3 Å². The van der Waals surface area contributed by atoms with Gasteiger partial charge < -0.3 is 15.0 Å². The minimum Gasteiger partial charge on any atom is -0.483 e. The third kappa shape index (κ3) is 7.25. The number of hydrogen-bond acceptors (Lipinski definition) is 3. The van der Waals surface area contributed by atoms with Gasteiger partial charge >= 0.3 is 0 Å². The maximum absolute atomic E-state index is 13.6. The van der Waals surface area contributed by atoms with E-state index in [4.69, 9.17) is 27.9 Å². The second-order valence-electron chi connectivity index (χ2n) is 8.67. The summed E-state index contributed by atoms with van der Waals surface area (Å²) in [6.07, 6.45) is 0.321. The number of halogens is 3. The van der Waals surface area contributed by atoms with Crippen LogP contribution in [0.3, 0.4) is 0 Å². The number of amides is 2. The highest BCUT2D eigenvalue weighted by atomic mass is 79.9. The molecule has 0 aliphatic carbocycles. The fourth-order valence-corrected chi connectivity index (χ4v) is 4.82. The van der Waals surface area contributed by atoms with E-state index >= 15 is 0 Å². The molecule has 5 nitrogen and oxygen atoms in total. The van der Waals surface area contributed by atoms with Crippen LogP contribution in [0.25, 0.3) is 0 Å². The van der Waals surface area contributed by atoms with E-state index in [9.17, 15) is 9.59 Å². The molecule has 36 heavy (non-hydrogen) atoms. The Labute approximate surface area is 230 Å². The van der Waals surface area contributed by atoms with Crippen molar-refractivity contribution in [1.82, 2.24) is 10.2 Å². The summed E-state index contributed by atoms with van der Waals surface area (Å²) in [7, 11) is 1.55. The predicted octanol–water partition coefficient (Wildman–Crippen LogP) is 6.64. The van der Waals surface area contributed by atoms with Crippen LogP contribution in [0.15, 0.2) is 71.2 Å². The SMILES string of the molecule is CNC(=O)[C@@H](Cc1ccccc1)N(Cc1c(Cl)cccc1Cl)C(=O)COc1ccc(C(C)C)cc1Br. The van der Waals surface area contributed by atoms with Crippen LogP contribution in [0.1, 0.15) is 36.5 Å². The molecule has 1 atom stereocenters. The number of ether oxygens (including phenoxy) is 1. The minimum atomic E-state index is -0.799. The first-order chi connectivity index (χ1) is 17.2. The van der Waals surface area contributed by atoms with Crippen LogP contribution in [-0.4, -0.2) is 36.4 Å². The zero-order valence-electron chi connectivity index (χ0n) is 20.4. The Hall–Kier alpha value is -2.54. The molecule has 190 valence electrons. The van der Waals surface area contributed by atoms with Gasteiger partial charge in [0.05, 0.1) is 4.47 Å². The monoisotopic (exact) mass is 590 g/mol. The number of likely N-dealkylation sites (N-methyl/N-ethyl adjacent to an activating group) is 1. The maximum Gasteiger partial charge on any atom is 0.261 e. The lowest BCUT2D eigenvalue weighted by Crippen LogP contribution is -2.51. The van der Waals surface area contributed by atoms with Crippen molar-refractivity contribution in [2.24, 2.45) is 0 Å². The molecule has 0 unspecified atom stereocenters. The third-order valence-electron chi connectivity index (χ3n) is 5.88. The van der Waals surface area contributed by atoms with Gasteiger partial charge in [-0.2, -0.15) is 0 Å². The lowest BCUT2D eigenvalue weighted by atomic mass is 10.0. The van der Waals surface area contributed by atoms with Gasteiger partial charge in [-0.25, -0.2) is 0 Å². The minimum absolute atomic E-state index is 0.0546. The van der Waals surface area contributed by atoms with Crippen molar-refractivity contribution >= 4 is 50.9 Å². The van der Waals surface area contributed by atoms with E-state index in [-0.39, 0.29) is 25.0 Å². The van der Waals surface area contributed by atoms with Crippen molar-refractivity contribution in [3.8, 4) is 5.75 Å². The standard InChI is InChI=1S/C28H29BrCl2N2O3/c1-18(2)20-12-13-26(22(29)15-20)36-17-27(34)33(16-21-23(30)10-7-11-24(21)31)25(28(35)32-3)14-19-8-5-4-6-9-19/h4-13,15,18,25H,14,16-17H2,1-3H3,(H,32,35)/t25-/m1/s1. The summed E-state index contributed by atoms with van der Waals surface area (Å²) in [6.45, 7) is 4.01. The number of benzene rings is 3. The van der Waals surface area contributed by atoms with Crippen LogP contribution in [0.4, 0.5) is 0 Å². The van der Waals surface area contributed by atoms with Crippen LogP contribution in [0.5, 0.6) is 5.75 Å². The average Bonchev–Trinajstić information content (AvgIpc) is 2.86. The van der Waals surface area contributed by atoms with E-state index in [1.54, 1.807) is 25.2 Å². The van der Waals surface area contributed by atoms with Crippen LogP contribution >= 0.6 is 39.1 Å². The second kappa shape index (κ2) is 13.1. The van der Waals surface area contributed by atoms with Crippen LogP contribution in [0, 0.1) is 0 Å². The highest BCUT2D eigenvalue weighted by molar-refractivity contribution is 9.10. The van der Waals surface area contributed by atoms with E-state index in [2.05, 4.69) is 35.1 Å². The molecule has 0 aromatic heterocycles. The highest BCUT2D eigenvalue weighted by Gasteiger charge is 2.31. The Balaban J connectivity index is 1.92. The van der Waals surface area contributed by atoms with Gasteiger partial charge in [-0.1, -0.05) is 79.5 Å². The average molecular weight is 592 g/mol. The Bertz CT molecular complexity index is 1180. The topological polar surface area (TPSA) is 58.6 Å². The summed E-state index contributed by atoms with van der Waals surface area (Å²) in [5, 5.41) is 3.53. The number of rotatable bonds is 10. The number of carbonyl (C=O) groups excluding carboxylic acids is 2. The Kier molecular flexibility index (Phi) is 10.2. The molecule has 0 saturated carbocycles. The lowest BCUT2D eigenvalue weighted by molar-refractivity contribution is -0.142. The van der Waals surface area contributed by atoms with Gasteiger partial charge in [-0.15, -0.1) is 0 Å². The molecular formula is C28H29BrCl2N2O3. The van der Waals surface area contributed by atoms with Crippen molar-refractivity contribution in [2.45, 2.75) is 38.8 Å². The fourth-order valence-electron chi connectivity index (χ4n) is 3.79. The maximum atomic E-state index is 13.6. The molecule has 0 heterocycles. The summed E-state index contributed by atoms with van der Waals surface area (Å²) in [6, 6.07) is 19.7. The summed E-state index contributed by atoms with van der Waals surface area (Å²) in [5.41, 5.74) is 2.64. The number of hydrogen-bond donors (Lipinski definition) is 1. The molecule has 0 bridgehead atoms. The molecule has 0 saturated heterocycles. The third-order valence-corrected chi connectivity index (χ3v) is 7.21. The molecule has 1 N–H and O–H groups in total. The molecule has 0 spiro atoms. The van der Waals surface area contributed by atoms with Crippen LogP contribution in [-0.2, 0) is 22.6 Å². The quantitative estimate of drug-likeness (QED) is 0.287. The van der Waals surface area contributed by atoms with Gasteiger partial charge in [0.15, 0.2) is 6.61 Å². The Morgan fingerprint density at radius 2 is 1.67 bits per heavy atom. The molecule has 0 fully saturated rings. The van der Waals surface area contributed by atoms with Gasteiger partial charge in [0.25, 0.3) is 5.91 Å². The molecule has 3 rings (SSSR count). The smallest absolute Gasteiger partial charge is 0.261 e. The van der Waals surface area contributed by atoms with E-state index in [0.717, 1.165) is 15.6 Å². The zero-order valence-corrected chi connectivity index (χ0v) is 23.5. The molecule has 0 aliphatic heterocycles. The normalized spacial score (nSPS) is 11.8. The van der Waals surface area contributed by atoms with E-state index in [0.29, 0.717) is 33.7 Å². The zero-order chi connectivity index (χ0) is 26.2. The van der Waals surface area contributed by atoms with Gasteiger partial charge in [0.1, 0.15) is 11.8 Å². The first-order valence-electron chi connectivity index (χ1n) is 11.6. The van der Waals surface area contributed by atoms with Gasteiger partial charge in [-0.05, 0) is 57.2 Å². The van der Waals surface area contributed by atoms with Crippen LogP contribution < -0.4 is 10.1 Å². The first-order valence-corrected chi connectivity index (χ1v) is 13.2. The Morgan fingerprint density at radius 1 is 1.00 bits per heavy atom. The van der Waals surface area contributed by atoms with Crippen molar-refractivity contribution in [3.05, 3.63) is 97.9 Å². The van der Waals surface area contributed by atoms with Crippen molar-refractivity contribution in [1.29, 1.82) is 0 Å². The molecule has 3 aromatic carbocycles. The summed E-state index contributed by atoms with van der Waals surface area (Å²) in [4.78, 5) is 28.1. The van der Waals surface area contributed by atoms with Gasteiger partial charge in [0.2, 0.25) is 5.91 Å². The van der Waals surface area contributed by atoms with Gasteiger partial charge in [0, 0.05) is 35.6 Å². The molecule has 3 aromatic rings. The first kappa shape index (κ1) is 28.0. The summed E-state index contributed by atoms with van der Waals surface area (Å²) in [5.74, 6) is 0.246. The fraction of sp³-hybridized carbons (Fsp3) is 0.286. The molecule has 8 heteroatoms. The molecular weight excluding hydrogens is 563 g/mol. The number of nitrogens with one attached hydrogen (secondary N) is 1.